The van der Waals surface area contributed by atoms with Gasteiger partial charge in [0.2, 0.25) is 0 Å². The minimum atomic E-state index is -0.181. The fourth-order valence-electron chi connectivity index (χ4n) is 2.42. The number of carbonyl (C=O) groups excluding carboxylic acids is 1. The lowest BCUT2D eigenvalue weighted by molar-refractivity contribution is 0.166. The first-order chi connectivity index (χ1) is 9.13. The maximum Gasteiger partial charge on any atom is 0.321 e. The average Bonchev–Trinajstić information content (AvgIpc) is 2.46. The summed E-state index contributed by atoms with van der Waals surface area (Å²) in [5.41, 5.74) is 3.54. The first-order valence-electron chi connectivity index (χ1n) is 6.89. The Balaban J connectivity index is 2.13. The molecule has 0 heterocycles. The number of aryl methyl sites for hydroxylation is 1. The van der Waals surface area contributed by atoms with Gasteiger partial charge in [-0.1, -0.05) is 12.1 Å². The lowest BCUT2D eigenvalue weighted by Gasteiger charge is -2.25. The number of aliphatic hydroxyl groups is 1. The van der Waals surface area contributed by atoms with E-state index in [9.17, 15) is 4.79 Å². The first-order valence-corrected chi connectivity index (χ1v) is 6.89. The molecule has 4 nitrogen and oxygen atoms in total. The number of fused-ring (bicyclic) bond motifs is 1. The van der Waals surface area contributed by atoms with Crippen molar-refractivity contribution in [2.45, 2.75) is 38.6 Å². The highest BCUT2D eigenvalue weighted by Crippen LogP contribution is 2.28. The monoisotopic (exact) mass is 262 g/mol. The standard InChI is InChI=1S/C15H22N2O2/c1-11(10-18)17(2)15(19)16-14-9-5-7-12-6-3-4-8-13(12)14/h5,7,9,11,18H,3-4,6,8,10H2,1-2H3,(H,16,19). The largest absolute Gasteiger partial charge is 0.394 e. The van der Waals surface area contributed by atoms with E-state index in [1.54, 1.807) is 7.05 Å². The van der Waals surface area contributed by atoms with Gasteiger partial charge in [-0.05, 0) is 49.8 Å². The van der Waals surface area contributed by atoms with E-state index in [0.717, 1.165) is 18.5 Å². The Hall–Kier alpha value is -1.55. The van der Waals surface area contributed by atoms with Gasteiger partial charge >= 0.3 is 6.03 Å². The van der Waals surface area contributed by atoms with Gasteiger partial charge in [-0.2, -0.15) is 0 Å². The molecule has 2 rings (SSSR count). The van der Waals surface area contributed by atoms with Crippen LogP contribution in [0.3, 0.4) is 0 Å². The van der Waals surface area contributed by atoms with E-state index in [1.807, 2.05) is 19.1 Å². The summed E-state index contributed by atoms with van der Waals surface area (Å²) in [4.78, 5) is 13.6. The quantitative estimate of drug-likeness (QED) is 0.879. The van der Waals surface area contributed by atoms with Crippen LogP contribution in [0, 0.1) is 0 Å². The third kappa shape index (κ3) is 3.07. The molecule has 0 saturated carbocycles. The van der Waals surface area contributed by atoms with Crippen molar-refractivity contribution in [3.8, 4) is 0 Å². The van der Waals surface area contributed by atoms with E-state index in [4.69, 9.17) is 5.11 Å². The number of urea groups is 1. The lowest BCUT2D eigenvalue weighted by Crippen LogP contribution is -2.40. The van der Waals surface area contributed by atoms with Crippen LogP contribution in [-0.2, 0) is 12.8 Å². The molecule has 1 aliphatic carbocycles. The highest BCUT2D eigenvalue weighted by molar-refractivity contribution is 5.90. The molecule has 104 valence electrons. The van der Waals surface area contributed by atoms with Gasteiger partial charge in [0.25, 0.3) is 0 Å². The average molecular weight is 262 g/mol. The summed E-state index contributed by atoms with van der Waals surface area (Å²) in [7, 11) is 1.70. The van der Waals surface area contributed by atoms with E-state index >= 15 is 0 Å². The fourth-order valence-corrected chi connectivity index (χ4v) is 2.42. The number of nitrogens with one attached hydrogen (secondary N) is 1. The summed E-state index contributed by atoms with van der Waals surface area (Å²) >= 11 is 0. The molecule has 0 saturated heterocycles. The number of nitrogens with zero attached hydrogens (tertiary/aromatic N) is 1. The van der Waals surface area contributed by atoms with E-state index in [-0.39, 0.29) is 18.7 Å². The third-order valence-corrected chi connectivity index (χ3v) is 3.88. The Morgan fingerprint density at radius 2 is 2.16 bits per heavy atom. The van der Waals surface area contributed by atoms with E-state index in [0.29, 0.717) is 0 Å². The van der Waals surface area contributed by atoms with E-state index < -0.39 is 0 Å². The second-order valence-electron chi connectivity index (χ2n) is 5.22. The molecule has 2 amide bonds. The van der Waals surface area contributed by atoms with Crippen LogP contribution in [0.1, 0.15) is 30.9 Å². The van der Waals surface area contributed by atoms with Crippen molar-refractivity contribution in [3.05, 3.63) is 29.3 Å². The molecule has 0 aromatic heterocycles. The molecule has 0 aliphatic heterocycles. The number of rotatable bonds is 3. The van der Waals surface area contributed by atoms with Gasteiger partial charge in [0.05, 0.1) is 12.6 Å². The van der Waals surface area contributed by atoms with Gasteiger partial charge < -0.3 is 15.3 Å². The minimum absolute atomic E-state index is 0.0309. The predicted molar refractivity (Wildman–Crippen MR) is 76.4 cm³/mol. The zero-order chi connectivity index (χ0) is 13.8. The van der Waals surface area contributed by atoms with Crippen molar-refractivity contribution >= 4 is 11.7 Å². The molecular formula is C15H22N2O2. The Morgan fingerprint density at radius 3 is 2.89 bits per heavy atom. The molecule has 0 fully saturated rings. The summed E-state index contributed by atoms with van der Waals surface area (Å²) in [6, 6.07) is 5.75. The van der Waals surface area contributed by atoms with Crippen LogP contribution in [0.15, 0.2) is 18.2 Å². The van der Waals surface area contributed by atoms with Crippen molar-refractivity contribution in [2.24, 2.45) is 0 Å². The van der Waals surface area contributed by atoms with Gasteiger partial charge in [-0.3, -0.25) is 0 Å². The zero-order valence-corrected chi connectivity index (χ0v) is 11.6. The van der Waals surface area contributed by atoms with Gasteiger partial charge in [-0.25, -0.2) is 4.79 Å². The second kappa shape index (κ2) is 6.06. The van der Waals surface area contributed by atoms with Crippen LogP contribution in [0.4, 0.5) is 10.5 Å². The number of aliphatic hydroxyl groups excluding tert-OH is 1. The summed E-state index contributed by atoms with van der Waals surface area (Å²) < 4.78 is 0. The molecule has 0 bridgehead atoms. The fraction of sp³-hybridized carbons (Fsp3) is 0.533. The topological polar surface area (TPSA) is 52.6 Å². The Bertz CT molecular complexity index is 459. The van der Waals surface area contributed by atoms with Crippen LogP contribution in [0.25, 0.3) is 0 Å². The lowest BCUT2D eigenvalue weighted by atomic mass is 9.90. The third-order valence-electron chi connectivity index (χ3n) is 3.88. The summed E-state index contributed by atoms with van der Waals surface area (Å²) in [6.45, 7) is 1.79. The molecule has 1 atom stereocenters. The Labute approximate surface area is 114 Å². The molecule has 1 aromatic carbocycles. The number of carbonyl (C=O) groups is 1. The van der Waals surface area contributed by atoms with Gasteiger partial charge in [0, 0.05) is 12.7 Å². The molecule has 19 heavy (non-hydrogen) atoms. The summed E-state index contributed by atoms with van der Waals surface area (Å²) in [6.07, 6.45) is 4.54. The van der Waals surface area contributed by atoms with Gasteiger partial charge in [0.1, 0.15) is 0 Å². The van der Waals surface area contributed by atoms with Crippen molar-refractivity contribution in [3.63, 3.8) is 0 Å². The number of hydrogen-bond acceptors (Lipinski definition) is 2. The van der Waals surface area contributed by atoms with Crippen LogP contribution in [0.2, 0.25) is 0 Å². The van der Waals surface area contributed by atoms with Gasteiger partial charge in [-0.15, -0.1) is 0 Å². The van der Waals surface area contributed by atoms with Crippen LogP contribution in [0.5, 0.6) is 0 Å². The maximum absolute atomic E-state index is 12.1. The van der Waals surface area contributed by atoms with Gasteiger partial charge in [0.15, 0.2) is 0 Å². The zero-order valence-electron chi connectivity index (χ0n) is 11.6. The Morgan fingerprint density at radius 1 is 1.42 bits per heavy atom. The highest BCUT2D eigenvalue weighted by atomic mass is 16.3. The predicted octanol–water partition coefficient (Wildman–Crippen LogP) is 2.41. The minimum Gasteiger partial charge on any atom is -0.394 e. The summed E-state index contributed by atoms with van der Waals surface area (Å²) in [5, 5.41) is 12.1. The number of benzene rings is 1. The molecule has 1 aliphatic rings. The van der Waals surface area contributed by atoms with E-state index in [1.165, 1.54) is 28.9 Å². The smallest absolute Gasteiger partial charge is 0.321 e. The second-order valence-corrected chi connectivity index (χ2v) is 5.22. The number of amides is 2. The van der Waals surface area contributed by atoms with Crippen LogP contribution < -0.4 is 5.32 Å². The highest BCUT2D eigenvalue weighted by Gasteiger charge is 2.18. The first kappa shape index (κ1) is 13.9. The number of likely N-dealkylation sites (N-methyl/N-ethyl adjacent to an activating group) is 1. The molecule has 4 heteroatoms. The molecule has 0 spiro atoms. The molecule has 0 radical (unpaired) electrons. The molecular weight excluding hydrogens is 240 g/mol. The normalized spacial score (nSPS) is 15.5. The van der Waals surface area contributed by atoms with Crippen molar-refractivity contribution in [2.75, 3.05) is 19.0 Å². The Kier molecular flexibility index (Phi) is 4.43. The summed E-state index contributed by atoms with van der Waals surface area (Å²) in [5.74, 6) is 0. The van der Waals surface area contributed by atoms with Crippen LogP contribution in [-0.4, -0.2) is 35.7 Å². The number of anilines is 1. The maximum atomic E-state index is 12.1. The van der Waals surface area contributed by atoms with E-state index in [2.05, 4.69) is 11.4 Å². The molecule has 1 aromatic rings. The van der Waals surface area contributed by atoms with Crippen molar-refractivity contribution < 1.29 is 9.90 Å². The number of hydrogen-bond donors (Lipinski definition) is 2. The van der Waals surface area contributed by atoms with Crippen LogP contribution >= 0.6 is 0 Å². The van der Waals surface area contributed by atoms with Crippen molar-refractivity contribution in [1.29, 1.82) is 0 Å². The SMILES string of the molecule is CC(CO)N(C)C(=O)Nc1cccc2c1CCCC2. The van der Waals surface area contributed by atoms with Crippen molar-refractivity contribution in [1.82, 2.24) is 4.90 Å². The molecule has 1 unspecified atom stereocenters. The molecule has 2 N–H and O–H groups in total.